The number of unbranched alkanes of at least 4 members (excludes halogenated alkanes) is 1. The summed E-state index contributed by atoms with van der Waals surface area (Å²) in [5.74, 6) is 1.74. The van der Waals surface area contributed by atoms with Crippen LogP contribution in [0.1, 0.15) is 48.7 Å². The van der Waals surface area contributed by atoms with Gasteiger partial charge in [-0.1, -0.05) is 25.5 Å². The van der Waals surface area contributed by atoms with Crippen molar-refractivity contribution >= 4 is 5.78 Å². The van der Waals surface area contributed by atoms with Crippen LogP contribution in [0.25, 0.3) is 0 Å². The highest BCUT2D eigenvalue weighted by Crippen LogP contribution is 2.40. The van der Waals surface area contributed by atoms with Crippen LogP contribution in [0.3, 0.4) is 0 Å². The van der Waals surface area contributed by atoms with Gasteiger partial charge in [0, 0.05) is 12.3 Å². The van der Waals surface area contributed by atoms with E-state index >= 15 is 0 Å². The molecule has 4 heteroatoms. The molecule has 4 nitrogen and oxygen atoms in total. The zero-order valence-electron chi connectivity index (χ0n) is 11.2. The molecule has 0 aromatic carbocycles. The number of ketones is 1. The largest absolute Gasteiger partial charge is 0.475 e. The van der Waals surface area contributed by atoms with Gasteiger partial charge in [0.1, 0.15) is 5.56 Å². The van der Waals surface area contributed by atoms with E-state index in [1.54, 1.807) is 0 Å². The van der Waals surface area contributed by atoms with Gasteiger partial charge in [-0.15, -0.1) is 0 Å². The molecule has 3 rings (SSSR count). The molecule has 0 bridgehead atoms. The third kappa shape index (κ3) is 2.20. The van der Waals surface area contributed by atoms with Gasteiger partial charge in [-0.05, 0) is 30.3 Å². The zero-order valence-corrected chi connectivity index (χ0v) is 11.2. The molecule has 0 saturated carbocycles. The van der Waals surface area contributed by atoms with Crippen LogP contribution in [0, 0.1) is 11.8 Å². The first-order chi connectivity index (χ1) is 9.31. The van der Waals surface area contributed by atoms with Gasteiger partial charge >= 0.3 is 0 Å². The van der Waals surface area contributed by atoms with E-state index < -0.39 is 0 Å². The molecule has 0 radical (unpaired) electrons. The third-order valence-electron chi connectivity index (χ3n) is 4.06. The average Bonchev–Trinajstić information content (AvgIpc) is 2.83. The maximum atomic E-state index is 12.6. The summed E-state index contributed by atoms with van der Waals surface area (Å²) in [6, 6.07) is 0. The Morgan fingerprint density at radius 3 is 3.11 bits per heavy atom. The van der Waals surface area contributed by atoms with Gasteiger partial charge in [0.2, 0.25) is 0 Å². The monoisotopic (exact) mass is 261 g/mol. The molecule has 1 heterocycles. The molecule has 0 saturated heterocycles. The predicted molar refractivity (Wildman–Crippen MR) is 70.3 cm³/mol. The Morgan fingerprint density at radius 1 is 1.42 bits per heavy atom. The van der Waals surface area contributed by atoms with E-state index in [0.717, 1.165) is 32.1 Å². The summed E-state index contributed by atoms with van der Waals surface area (Å²) in [6.07, 6.45) is 8.89. The number of ether oxygens (including phenoxy) is 1. The predicted octanol–water partition coefficient (Wildman–Crippen LogP) is 3.17. The first-order valence-electron chi connectivity index (χ1n) is 7.11. The number of fused-ring (bicyclic) bond motifs is 2. The molecular formula is C15H19NO3. The number of allylic oxidation sites excluding steroid dienone is 2. The van der Waals surface area contributed by atoms with E-state index in [1.807, 2.05) is 0 Å². The van der Waals surface area contributed by atoms with Crippen molar-refractivity contribution in [2.75, 3.05) is 6.61 Å². The Bertz CT molecular complexity index is 503. The fourth-order valence-corrected chi connectivity index (χ4v) is 2.94. The Balaban J connectivity index is 1.83. The van der Waals surface area contributed by atoms with E-state index in [-0.39, 0.29) is 11.7 Å². The molecule has 0 amide bonds. The summed E-state index contributed by atoms with van der Waals surface area (Å²) in [7, 11) is 0. The van der Waals surface area contributed by atoms with Crippen molar-refractivity contribution in [3.8, 4) is 5.88 Å². The minimum atomic E-state index is 0.0884. The van der Waals surface area contributed by atoms with Gasteiger partial charge in [0.15, 0.2) is 11.5 Å². The van der Waals surface area contributed by atoms with E-state index in [4.69, 9.17) is 9.26 Å². The van der Waals surface area contributed by atoms with Gasteiger partial charge in [-0.25, -0.2) is 0 Å². The maximum Gasteiger partial charge on any atom is 0.265 e. The maximum absolute atomic E-state index is 12.6. The Morgan fingerprint density at radius 2 is 2.26 bits per heavy atom. The molecule has 2 unspecified atom stereocenters. The van der Waals surface area contributed by atoms with Crippen molar-refractivity contribution < 1.29 is 14.1 Å². The molecule has 1 aromatic heterocycles. The number of carbonyl (C=O) groups is 1. The summed E-state index contributed by atoms with van der Waals surface area (Å²) in [5, 5.41) is 3.94. The number of carbonyl (C=O) groups excluding carboxylic acids is 1. The normalized spacial score (nSPS) is 25.0. The molecular weight excluding hydrogens is 242 g/mol. The van der Waals surface area contributed by atoms with Crippen LogP contribution in [0.15, 0.2) is 16.7 Å². The minimum absolute atomic E-state index is 0.0884. The zero-order chi connectivity index (χ0) is 13.2. The quantitative estimate of drug-likeness (QED) is 0.617. The van der Waals surface area contributed by atoms with Crippen molar-refractivity contribution in [1.82, 2.24) is 5.16 Å². The number of rotatable bonds is 4. The summed E-state index contributed by atoms with van der Waals surface area (Å²) in [4.78, 5) is 12.6. The molecule has 2 aliphatic rings. The van der Waals surface area contributed by atoms with Gasteiger partial charge in [0.25, 0.3) is 5.88 Å². The second-order valence-corrected chi connectivity index (χ2v) is 5.37. The summed E-state index contributed by atoms with van der Waals surface area (Å²) < 4.78 is 10.9. The summed E-state index contributed by atoms with van der Waals surface area (Å²) in [6.45, 7) is 2.70. The molecule has 2 aliphatic carbocycles. The highest BCUT2D eigenvalue weighted by molar-refractivity contribution is 6.02. The van der Waals surface area contributed by atoms with Gasteiger partial charge < -0.3 is 9.26 Å². The van der Waals surface area contributed by atoms with Gasteiger partial charge in [-0.3, -0.25) is 4.79 Å². The van der Waals surface area contributed by atoms with Crippen molar-refractivity contribution in [3.05, 3.63) is 23.5 Å². The van der Waals surface area contributed by atoms with Gasteiger partial charge in [0.05, 0.1) is 6.61 Å². The van der Waals surface area contributed by atoms with Crippen molar-refractivity contribution in [1.29, 1.82) is 0 Å². The van der Waals surface area contributed by atoms with Crippen LogP contribution in [-0.2, 0) is 6.42 Å². The molecule has 2 atom stereocenters. The van der Waals surface area contributed by atoms with Crippen molar-refractivity contribution in [2.24, 2.45) is 11.8 Å². The van der Waals surface area contributed by atoms with Crippen LogP contribution in [0.5, 0.6) is 5.88 Å². The number of Topliss-reactive ketones (excluding diaryl/α,β-unsaturated/α-hetero) is 1. The molecule has 1 aromatic rings. The third-order valence-corrected chi connectivity index (χ3v) is 4.06. The first-order valence-corrected chi connectivity index (χ1v) is 7.11. The molecule has 0 fully saturated rings. The van der Waals surface area contributed by atoms with Crippen molar-refractivity contribution in [3.63, 3.8) is 0 Å². The fourth-order valence-electron chi connectivity index (χ4n) is 2.94. The SMILES string of the molecule is CCCCOc1noc2c1C(=O)C1CC=CCC1C2. The lowest BCUT2D eigenvalue weighted by Gasteiger charge is -2.30. The van der Waals surface area contributed by atoms with Crippen LogP contribution in [0.4, 0.5) is 0 Å². The molecule has 0 spiro atoms. The first kappa shape index (κ1) is 12.5. The lowest BCUT2D eigenvalue weighted by Crippen LogP contribution is -2.32. The van der Waals surface area contributed by atoms with Crippen LogP contribution >= 0.6 is 0 Å². The molecule has 0 aliphatic heterocycles. The number of aromatic nitrogens is 1. The fraction of sp³-hybridized carbons (Fsp3) is 0.600. The number of nitrogens with zero attached hydrogens (tertiary/aromatic N) is 1. The Hall–Kier alpha value is -1.58. The van der Waals surface area contributed by atoms with E-state index in [0.29, 0.717) is 29.7 Å². The lowest BCUT2D eigenvalue weighted by atomic mass is 9.72. The Labute approximate surface area is 112 Å². The topological polar surface area (TPSA) is 52.3 Å². The van der Waals surface area contributed by atoms with E-state index in [9.17, 15) is 4.79 Å². The van der Waals surface area contributed by atoms with Crippen LogP contribution < -0.4 is 4.74 Å². The average molecular weight is 261 g/mol. The second-order valence-electron chi connectivity index (χ2n) is 5.37. The lowest BCUT2D eigenvalue weighted by molar-refractivity contribution is 0.0836. The number of hydrogen-bond donors (Lipinski definition) is 0. The number of hydrogen-bond acceptors (Lipinski definition) is 4. The smallest absolute Gasteiger partial charge is 0.265 e. The van der Waals surface area contributed by atoms with E-state index in [2.05, 4.69) is 24.2 Å². The standard InChI is InChI=1S/C15H19NO3/c1-2-3-8-18-15-13-12(19-16-15)9-10-6-4-5-7-11(10)14(13)17/h4-5,10-11H,2-3,6-9H2,1H3. The molecule has 102 valence electrons. The van der Waals surface area contributed by atoms with Crippen LogP contribution in [-0.4, -0.2) is 17.5 Å². The minimum Gasteiger partial charge on any atom is -0.475 e. The van der Waals surface area contributed by atoms with Gasteiger partial charge in [-0.2, -0.15) is 0 Å². The second kappa shape index (κ2) is 5.19. The highest BCUT2D eigenvalue weighted by Gasteiger charge is 2.40. The highest BCUT2D eigenvalue weighted by atomic mass is 16.5. The van der Waals surface area contributed by atoms with E-state index in [1.165, 1.54) is 0 Å². The van der Waals surface area contributed by atoms with Crippen LogP contribution in [0.2, 0.25) is 0 Å². The summed E-state index contributed by atoms with van der Waals surface area (Å²) >= 11 is 0. The summed E-state index contributed by atoms with van der Waals surface area (Å²) in [5.41, 5.74) is 0.604. The Kier molecular flexibility index (Phi) is 3.40. The molecule has 19 heavy (non-hydrogen) atoms. The molecule has 0 N–H and O–H groups in total. The van der Waals surface area contributed by atoms with Crippen molar-refractivity contribution in [2.45, 2.75) is 39.0 Å².